The molecule has 0 spiro atoms. The number of rotatable bonds is 2. The maximum absolute atomic E-state index is 13.4. The van der Waals surface area contributed by atoms with Gasteiger partial charge in [-0.3, -0.25) is 0 Å². The zero-order chi connectivity index (χ0) is 14.2. The molecule has 0 amide bonds. The van der Waals surface area contributed by atoms with E-state index in [2.05, 4.69) is 14.7 Å². The molecule has 19 heavy (non-hydrogen) atoms. The summed E-state index contributed by atoms with van der Waals surface area (Å²) < 4.78 is 57.3. The van der Waals surface area contributed by atoms with Crippen LogP contribution in [0.2, 0.25) is 10.0 Å². The van der Waals surface area contributed by atoms with Gasteiger partial charge in [-0.2, -0.15) is 17.6 Å². The van der Waals surface area contributed by atoms with E-state index in [0.29, 0.717) is 0 Å². The van der Waals surface area contributed by atoms with Gasteiger partial charge in [-0.15, -0.1) is 0 Å². The van der Waals surface area contributed by atoms with Crippen molar-refractivity contribution in [3.63, 3.8) is 0 Å². The third kappa shape index (κ3) is 2.57. The van der Waals surface area contributed by atoms with Gasteiger partial charge in [-0.1, -0.05) is 23.2 Å². The van der Waals surface area contributed by atoms with Crippen molar-refractivity contribution in [3.8, 4) is 11.5 Å². The summed E-state index contributed by atoms with van der Waals surface area (Å²) in [6.45, 7) is 0. The first-order valence-corrected chi connectivity index (χ1v) is 5.34. The Hall–Kier alpha value is -1.60. The minimum Gasteiger partial charge on any atom is -0.448 e. The van der Waals surface area contributed by atoms with E-state index < -0.39 is 45.1 Å². The Bertz CT molecular complexity index is 598. The molecule has 0 saturated heterocycles. The van der Waals surface area contributed by atoms with E-state index in [1.807, 2.05) is 0 Å². The van der Waals surface area contributed by atoms with Crippen LogP contribution in [-0.4, -0.2) is 9.97 Å². The summed E-state index contributed by atoms with van der Waals surface area (Å²) in [5, 5.41) is -0.877. The highest BCUT2D eigenvalue weighted by molar-refractivity contribution is 6.32. The largest absolute Gasteiger partial charge is 0.448 e. The molecule has 3 nitrogen and oxygen atoms in total. The number of ether oxygens (including phenoxy) is 1. The van der Waals surface area contributed by atoms with Crippen LogP contribution in [0.4, 0.5) is 17.6 Å². The maximum atomic E-state index is 13.4. The van der Waals surface area contributed by atoms with E-state index in [9.17, 15) is 17.6 Å². The van der Waals surface area contributed by atoms with Gasteiger partial charge in [0.25, 0.3) is 11.9 Å². The minimum atomic E-state index is -1.56. The van der Waals surface area contributed by atoms with Crippen molar-refractivity contribution in [2.45, 2.75) is 0 Å². The lowest BCUT2D eigenvalue weighted by Crippen LogP contribution is -2.00. The lowest BCUT2D eigenvalue weighted by molar-refractivity contribution is 0.373. The molecule has 0 saturated carbocycles. The van der Waals surface area contributed by atoms with Crippen LogP contribution in [0.5, 0.6) is 11.5 Å². The number of pyridine rings is 2. The SMILES string of the molecule is Fc1ncc(Cl)c(Oc2c(Cl)cnc(F)c2F)c1F. The van der Waals surface area contributed by atoms with Gasteiger partial charge < -0.3 is 4.74 Å². The van der Waals surface area contributed by atoms with Crippen molar-refractivity contribution in [2.75, 3.05) is 0 Å². The Kier molecular flexibility index (Phi) is 3.77. The number of nitrogens with zero attached hydrogens (tertiary/aromatic N) is 2. The minimum absolute atomic E-state index is 0.438. The van der Waals surface area contributed by atoms with E-state index in [0.717, 1.165) is 12.4 Å². The van der Waals surface area contributed by atoms with Gasteiger partial charge in [0, 0.05) is 0 Å². The average Bonchev–Trinajstić information content (AvgIpc) is 2.38. The van der Waals surface area contributed by atoms with Gasteiger partial charge in [0.15, 0.2) is 11.5 Å². The zero-order valence-corrected chi connectivity index (χ0v) is 10.2. The van der Waals surface area contributed by atoms with Crippen LogP contribution in [0.1, 0.15) is 0 Å². The van der Waals surface area contributed by atoms with Crippen LogP contribution in [0.15, 0.2) is 12.4 Å². The molecular weight excluding hydrogens is 311 g/mol. The highest BCUT2D eigenvalue weighted by Crippen LogP contribution is 2.37. The quantitative estimate of drug-likeness (QED) is 0.617. The average molecular weight is 313 g/mol. The van der Waals surface area contributed by atoms with Crippen molar-refractivity contribution >= 4 is 23.2 Å². The molecule has 9 heteroatoms. The van der Waals surface area contributed by atoms with E-state index in [-0.39, 0.29) is 0 Å². The lowest BCUT2D eigenvalue weighted by Gasteiger charge is -2.10. The normalized spacial score (nSPS) is 10.6. The fourth-order valence-corrected chi connectivity index (χ4v) is 1.48. The fourth-order valence-electron chi connectivity index (χ4n) is 1.14. The summed E-state index contributed by atoms with van der Waals surface area (Å²) in [5.41, 5.74) is 0. The first-order chi connectivity index (χ1) is 8.91. The van der Waals surface area contributed by atoms with Crippen LogP contribution in [-0.2, 0) is 0 Å². The number of hydrogen-bond donors (Lipinski definition) is 0. The molecule has 0 N–H and O–H groups in total. The number of halogens is 6. The predicted molar refractivity (Wildman–Crippen MR) is 58.4 cm³/mol. The first-order valence-electron chi connectivity index (χ1n) is 4.58. The summed E-state index contributed by atoms with van der Waals surface area (Å²) in [6.07, 6.45) is 1.50. The third-order valence-electron chi connectivity index (χ3n) is 1.98. The predicted octanol–water partition coefficient (Wildman–Crippen LogP) is 4.13. The topological polar surface area (TPSA) is 35.0 Å². The van der Waals surface area contributed by atoms with Crippen LogP contribution >= 0.6 is 23.2 Å². The highest BCUT2D eigenvalue weighted by Gasteiger charge is 2.21. The molecule has 2 heterocycles. The standard InChI is InChI=1S/C10H2Cl2F4N2O/c11-3-1-17-9(15)5(13)7(3)19-8-4(12)2-18-10(16)6(8)14/h1-2H. The molecule has 0 atom stereocenters. The van der Waals surface area contributed by atoms with Gasteiger partial charge in [0.05, 0.1) is 12.4 Å². The summed E-state index contributed by atoms with van der Waals surface area (Å²) in [4.78, 5) is 5.95. The molecule has 0 radical (unpaired) electrons. The summed E-state index contributed by atoms with van der Waals surface area (Å²) >= 11 is 11.1. The van der Waals surface area contributed by atoms with Gasteiger partial charge in [-0.25, -0.2) is 9.97 Å². The second-order valence-electron chi connectivity index (χ2n) is 3.18. The van der Waals surface area contributed by atoms with Crippen molar-refractivity contribution < 1.29 is 22.3 Å². The fraction of sp³-hybridized carbons (Fsp3) is 0. The molecule has 2 rings (SSSR count). The second-order valence-corrected chi connectivity index (χ2v) is 4.00. The van der Waals surface area contributed by atoms with Gasteiger partial charge in [0.1, 0.15) is 10.0 Å². The van der Waals surface area contributed by atoms with Crippen LogP contribution in [0, 0.1) is 23.5 Å². The van der Waals surface area contributed by atoms with Crippen LogP contribution in [0.3, 0.4) is 0 Å². The molecule has 0 fully saturated rings. The summed E-state index contributed by atoms with van der Waals surface area (Å²) in [5.74, 6) is -7.85. The van der Waals surface area contributed by atoms with Crippen molar-refractivity contribution in [3.05, 3.63) is 46.0 Å². The van der Waals surface area contributed by atoms with E-state index in [4.69, 9.17) is 23.2 Å². The van der Waals surface area contributed by atoms with Crippen LogP contribution in [0.25, 0.3) is 0 Å². The monoisotopic (exact) mass is 312 g/mol. The van der Waals surface area contributed by atoms with Crippen molar-refractivity contribution in [2.24, 2.45) is 0 Å². The number of aromatic nitrogens is 2. The summed E-state index contributed by atoms with van der Waals surface area (Å²) in [6, 6.07) is 0. The third-order valence-corrected chi connectivity index (χ3v) is 2.52. The summed E-state index contributed by atoms with van der Waals surface area (Å²) in [7, 11) is 0. The molecule has 0 unspecified atom stereocenters. The molecule has 2 aromatic heterocycles. The Morgan fingerprint density at radius 2 is 1.16 bits per heavy atom. The van der Waals surface area contributed by atoms with Gasteiger partial charge in [-0.05, 0) is 0 Å². The lowest BCUT2D eigenvalue weighted by atomic mass is 10.4. The van der Waals surface area contributed by atoms with Gasteiger partial charge in [0.2, 0.25) is 11.6 Å². The zero-order valence-electron chi connectivity index (χ0n) is 8.73. The first kappa shape index (κ1) is 13.8. The molecule has 2 aromatic rings. The molecular formula is C10H2Cl2F4N2O. The van der Waals surface area contributed by atoms with Gasteiger partial charge >= 0.3 is 0 Å². The Balaban J connectivity index is 2.54. The van der Waals surface area contributed by atoms with E-state index in [1.165, 1.54) is 0 Å². The smallest absolute Gasteiger partial charge is 0.252 e. The Morgan fingerprint density at radius 3 is 1.53 bits per heavy atom. The van der Waals surface area contributed by atoms with Crippen LogP contribution < -0.4 is 4.74 Å². The molecule has 0 bridgehead atoms. The molecule has 100 valence electrons. The maximum Gasteiger partial charge on any atom is 0.252 e. The van der Waals surface area contributed by atoms with Crippen molar-refractivity contribution in [1.82, 2.24) is 9.97 Å². The molecule has 0 aliphatic rings. The number of hydrogen-bond acceptors (Lipinski definition) is 3. The molecule has 0 aliphatic carbocycles. The van der Waals surface area contributed by atoms with Crippen molar-refractivity contribution in [1.29, 1.82) is 0 Å². The Morgan fingerprint density at radius 1 is 0.789 bits per heavy atom. The van der Waals surface area contributed by atoms with E-state index in [1.54, 1.807) is 0 Å². The highest BCUT2D eigenvalue weighted by atomic mass is 35.5. The molecule has 0 aliphatic heterocycles. The molecule has 0 aromatic carbocycles. The van der Waals surface area contributed by atoms with E-state index >= 15 is 0 Å². The Labute approximate surface area is 113 Å². The second kappa shape index (κ2) is 5.18.